The fourth-order valence-electron chi connectivity index (χ4n) is 3.95. The van der Waals surface area contributed by atoms with Crippen molar-refractivity contribution in [3.05, 3.63) is 95.3 Å². The highest BCUT2D eigenvalue weighted by Gasteiger charge is 2.34. The van der Waals surface area contributed by atoms with Gasteiger partial charge in [-0.15, -0.1) is 0 Å². The number of rotatable bonds is 7. The molecule has 0 amide bonds. The quantitative estimate of drug-likeness (QED) is 0.530. The topological polar surface area (TPSA) is 40.6 Å². The molecule has 0 radical (unpaired) electrons. The zero-order chi connectivity index (χ0) is 19.6. The van der Waals surface area contributed by atoms with Gasteiger partial charge >= 0.3 is 0 Å². The minimum atomic E-state index is -0.214. The van der Waals surface area contributed by atoms with E-state index in [1.165, 1.54) is 24.0 Å². The first-order valence-electron chi connectivity index (χ1n) is 10.3. The molecule has 5 rings (SSSR count). The molecule has 0 spiro atoms. The molecule has 0 N–H and O–H groups in total. The molecule has 4 nitrogen and oxygen atoms in total. The zero-order valence-corrected chi connectivity index (χ0v) is 16.5. The smallest absolute Gasteiger partial charge is 0.189 e. The summed E-state index contributed by atoms with van der Waals surface area (Å²) in [6.07, 6.45) is 4.05. The molecule has 148 valence electrons. The van der Waals surface area contributed by atoms with Crippen LogP contribution >= 0.6 is 0 Å². The largest absolute Gasteiger partial charge is 0.487 e. The summed E-state index contributed by atoms with van der Waals surface area (Å²) in [6.45, 7) is 2.40. The SMILES string of the molecule is CC1OC(c2ccc(C(c3ccc(OCc4ccccn4)cc3)C3CC3)cc2)O1. The molecule has 1 aliphatic heterocycles. The molecule has 2 aliphatic rings. The number of hydrogen-bond donors (Lipinski definition) is 0. The van der Waals surface area contributed by atoms with Crippen LogP contribution < -0.4 is 4.74 Å². The summed E-state index contributed by atoms with van der Waals surface area (Å²) in [6, 6.07) is 23.1. The van der Waals surface area contributed by atoms with E-state index in [0.717, 1.165) is 22.9 Å². The van der Waals surface area contributed by atoms with E-state index in [4.69, 9.17) is 14.2 Å². The maximum atomic E-state index is 5.89. The maximum absolute atomic E-state index is 5.89. The Kier molecular flexibility index (Phi) is 5.04. The molecule has 1 atom stereocenters. The van der Waals surface area contributed by atoms with E-state index < -0.39 is 0 Å². The Balaban J connectivity index is 1.28. The van der Waals surface area contributed by atoms with Crippen molar-refractivity contribution in [2.24, 2.45) is 5.92 Å². The first kappa shape index (κ1) is 18.3. The Morgan fingerprint density at radius 2 is 1.62 bits per heavy atom. The fraction of sp³-hybridized carbons (Fsp3) is 0.320. The molecule has 3 aromatic rings. The minimum absolute atomic E-state index is 0.0997. The van der Waals surface area contributed by atoms with Crippen molar-refractivity contribution in [3.8, 4) is 5.75 Å². The van der Waals surface area contributed by atoms with Crippen LogP contribution in [0, 0.1) is 5.92 Å². The Morgan fingerprint density at radius 1 is 0.931 bits per heavy atom. The van der Waals surface area contributed by atoms with E-state index in [1.807, 2.05) is 25.1 Å². The van der Waals surface area contributed by atoms with Crippen LogP contribution in [0.25, 0.3) is 0 Å². The highest BCUT2D eigenvalue weighted by Crippen LogP contribution is 2.47. The third-order valence-corrected chi connectivity index (χ3v) is 5.64. The van der Waals surface area contributed by atoms with Crippen LogP contribution in [0.5, 0.6) is 5.75 Å². The van der Waals surface area contributed by atoms with Crippen LogP contribution in [-0.2, 0) is 16.1 Å². The molecule has 2 aromatic carbocycles. The van der Waals surface area contributed by atoms with Gasteiger partial charge in [-0.2, -0.15) is 0 Å². The van der Waals surface area contributed by atoms with Gasteiger partial charge in [-0.05, 0) is 61.1 Å². The van der Waals surface area contributed by atoms with E-state index in [0.29, 0.717) is 12.5 Å². The Bertz CT molecular complexity index is 930. The summed E-state index contributed by atoms with van der Waals surface area (Å²) in [4.78, 5) is 4.30. The van der Waals surface area contributed by atoms with Crippen LogP contribution in [-0.4, -0.2) is 11.3 Å². The Morgan fingerprint density at radius 3 is 2.21 bits per heavy atom. The lowest BCUT2D eigenvalue weighted by Gasteiger charge is -2.34. The van der Waals surface area contributed by atoms with Crippen molar-refractivity contribution < 1.29 is 14.2 Å². The molecular weight excluding hydrogens is 362 g/mol. The van der Waals surface area contributed by atoms with Gasteiger partial charge in [0.1, 0.15) is 12.4 Å². The van der Waals surface area contributed by atoms with Crippen molar-refractivity contribution in [1.82, 2.24) is 4.98 Å². The molecule has 1 aliphatic carbocycles. The second-order valence-corrected chi connectivity index (χ2v) is 7.83. The second kappa shape index (κ2) is 7.97. The summed E-state index contributed by atoms with van der Waals surface area (Å²) < 4.78 is 17.1. The second-order valence-electron chi connectivity index (χ2n) is 7.83. The molecule has 1 saturated heterocycles. The van der Waals surface area contributed by atoms with Crippen molar-refractivity contribution in [2.75, 3.05) is 0 Å². The van der Waals surface area contributed by atoms with E-state index in [2.05, 4.69) is 53.5 Å². The van der Waals surface area contributed by atoms with Gasteiger partial charge in [0.2, 0.25) is 0 Å². The third-order valence-electron chi connectivity index (χ3n) is 5.64. The first-order chi connectivity index (χ1) is 14.3. The number of hydrogen-bond acceptors (Lipinski definition) is 4. The molecular formula is C25H25NO3. The normalized spacial score (nSPS) is 22.0. The monoisotopic (exact) mass is 387 g/mol. The molecule has 1 unspecified atom stereocenters. The summed E-state index contributed by atoms with van der Waals surface area (Å²) in [5.41, 5.74) is 4.71. The van der Waals surface area contributed by atoms with Gasteiger partial charge in [-0.25, -0.2) is 0 Å². The molecule has 1 saturated carbocycles. The van der Waals surface area contributed by atoms with Gasteiger partial charge in [0, 0.05) is 17.7 Å². The zero-order valence-electron chi connectivity index (χ0n) is 16.5. The number of benzene rings is 2. The summed E-state index contributed by atoms with van der Waals surface area (Å²) in [7, 11) is 0. The molecule has 4 heteroatoms. The first-order valence-corrected chi connectivity index (χ1v) is 10.3. The summed E-state index contributed by atoms with van der Waals surface area (Å²) >= 11 is 0. The highest BCUT2D eigenvalue weighted by atomic mass is 16.9. The summed E-state index contributed by atoms with van der Waals surface area (Å²) in [5, 5.41) is 0. The van der Waals surface area contributed by atoms with Gasteiger partial charge in [0.25, 0.3) is 0 Å². The van der Waals surface area contributed by atoms with E-state index in [-0.39, 0.29) is 12.6 Å². The average Bonchev–Trinajstić information content (AvgIpc) is 3.58. The average molecular weight is 387 g/mol. The maximum Gasteiger partial charge on any atom is 0.189 e. The van der Waals surface area contributed by atoms with Gasteiger partial charge in [-0.3, -0.25) is 4.98 Å². The summed E-state index contributed by atoms with van der Waals surface area (Å²) in [5.74, 6) is 2.02. The van der Waals surface area contributed by atoms with Crippen LogP contribution in [0.15, 0.2) is 72.9 Å². The minimum Gasteiger partial charge on any atom is -0.487 e. The van der Waals surface area contributed by atoms with Gasteiger partial charge in [0.15, 0.2) is 12.6 Å². The lowest BCUT2D eigenvalue weighted by atomic mass is 9.86. The van der Waals surface area contributed by atoms with Gasteiger partial charge in [-0.1, -0.05) is 42.5 Å². The van der Waals surface area contributed by atoms with Crippen molar-refractivity contribution >= 4 is 0 Å². The van der Waals surface area contributed by atoms with Crippen LogP contribution in [0.4, 0.5) is 0 Å². The van der Waals surface area contributed by atoms with Gasteiger partial charge < -0.3 is 14.2 Å². The fourth-order valence-corrected chi connectivity index (χ4v) is 3.95. The number of nitrogens with zero attached hydrogens (tertiary/aromatic N) is 1. The van der Waals surface area contributed by atoms with E-state index >= 15 is 0 Å². The number of pyridine rings is 1. The molecule has 29 heavy (non-hydrogen) atoms. The van der Waals surface area contributed by atoms with Gasteiger partial charge in [0.05, 0.1) is 5.69 Å². The van der Waals surface area contributed by atoms with E-state index in [1.54, 1.807) is 6.20 Å². The highest BCUT2D eigenvalue weighted by molar-refractivity contribution is 5.39. The number of aromatic nitrogens is 1. The standard InChI is InChI=1S/C25H25NO3/c1-17-28-25(29-17)21-9-7-19(8-10-21)24(18-5-6-18)20-11-13-23(14-12-20)27-16-22-4-2-3-15-26-22/h2-4,7-15,17-18,24-25H,5-6,16H2,1H3. The van der Waals surface area contributed by atoms with Crippen molar-refractivity contribution in [2.45, 2.75) is 44.9 Å². The Hall–Kier alpha value is -2.69. The van der Waals surface area contributed by atoms with Crippen LogP contribution in [0.2, 0.25) is 0 Å². The predicted molar refractivity (Wildman–Crippen MR) is 110 cm³/mol. The van der Waals surface area contributed by atoms with E-state index in [9.17, 15) is 0 Å². The van der Waals surface area contributed by atoms with Crippen molar-refractivity contribution in [1.29, 1.82) is 0 Å². The third kappa shape index (κ3) is 4.19. The molecule has 2 heterocycles. The number of ether oxygens (including phenoxy) is 3. The lowest BCUT2D eigenvalue weighted by molar-refractivity contribution is -0.382. The molecule has 2 fully saturated rings. The Labute approximate surface area is 171 Å². The predicted octanol–water partition coefficient (Wildman–Crippen LogP) is 5.59. The van der Waals surface area contributed by atoms with Crippen molar-refractivity contribution in [3.63, 3.8) is 0 Å². The van der Waals surface area contributed by atoms with Crippen LogP contribution in [0.1, 0.15) is 54.4 Å². The lowest BCUT2D eigenvalue weighted by Crippen LogP contribution is -2.31. The van der Waals surface area contributed by atoms with Crippen LogP contribution in [0.3, 0.4) is 0 Å². The molecule has 0 bridgehead atoms. The molecule has 1 aromatic heterocycles.